The van der Waals surface area contributed by atoms with Gasteiger partial charge in [-0.1, -0.05) is 37.5 Å². The summed E-state index contributed by atoms with van der Waals surface area (Å²) >= 11 is 3.57. The van der Waals surface area contributed by atoms with Crippen LogP contribution in [0.4, 0.5) is 0 Å². The SMILES string of the molecule is Cn1cc(Br)c(-c2cccc(CCCCCCCS(=O)(=O)C(C)(C)C)c2)n1. The second-order valence-corrected chi connectivity index (χ2v) is 11.9. The Hall–Kier alpha value is -1.14. The monoisotopic (exact) mass is 454 g/mol. The fourth-order valence-electron chi connectivity index (χ4n) is 2.99. The average Bonchev–Trinajstić information content (AvgIpc) is 2.91. The first kappa shape index (κ1) is 22.2. The highest BCUT2D eigenvalue weighted by atomic mass is 79.9. The van der Waals surface area contributed by atoms with Gasteiger partial charge in [-0.25, -0.2) is 8.42 Å². The molecule has 0 N–H and O–H groups in total. The van der Waals surface area contributed by atoms with Crippen molar-refractivity contribution < 1.29 is 8.42 Å². The van der Waals surface area contributed by atoms with E-state index in [-0.39, 0.29) is 0 Å². The number of halogens is 1. The summed E-state index contributed by atoms with van der Waals surface area (Å²) in [6, 6.07) is 8.55. The molecule has 0 saturated carbocycles. The van der Waals surface area contributed by atoms with Gasteiger partial charge in [0.1, 0.15) is 5.69 Å². The summed E-state index contributed by atoms with van der Waals surface area (Å²) in [5, 5.41) is 4.51. The molecule has 0 aliphatic rings. The normalized spacial score (nSPS) is 12.5. The van der Waals surface area contributed by atoms with Crippen molar-refractivity contribution in [1.82, 2.24) is 9.78 Å². The lowest BCUT2D eigenvalue weighted by Crippen LogP contribution is -2.30. The van der Waals surface area contributed by atoms with E-state index in [1.165, 1.54) is 5.56 Å². The van der Waals surface area contributed by atoms with Crippen molar-refractivity contribution in [3.8, 4) is 11.3 Å². The van der Waals surface area contributed by atoms with Gasteiger partial charge in [0.25, 0.3) is 0 Å². The van der Waals surface area contributed by atoms with Crippen LogP contribution in [0.25, 0.3) is 11.3 Å². The van der Waals surface area contributed by atoms with Crippen molar-refractivity contribution in [1.29, 1.82) is 0 Å². The van der Waals surface area contributed by atoms with Crippen LogP contribution in [-0.4, -0.2) is 28.7 Å². The molecule has 0 radical (unpaired) electrons. The molecule has 0 aliphatic heterocycles. The number of hydrogen-bond donors (Lipinski definition) is 0. The van der Waals surface area contributed by atoms with Gasteiger partial charge >= 0.3 is 0 Å². The van der Waals surface area contributed by atoms with Crippen LogP contribution in [0, 0.1) is 0 Å². The third-order valence-electron chi connectivity index (χ3n) is 4.80. The van der Waals surface area contributed by atoms with Gasteiger partial charge in [0.05, 0.1) is 15.0 Å². The van der Waals surface area contributed by atoms with Gasteiger partial charge in [-0.15, -0.1) is 0 Å². The Labute approximate surface area is 172 Å². The lowest BCUT2D eigenvalue weighted by atomic mass is 10.0. The predicted molar refractivity (Wildman–Crippen MR) is 117 cm³/mol. The molecule has 0 unspecified atom stereocenters. The molecule has 1 heterocycles. The minimum absolute atomic E-state index is 0.303. The van der Waals surface area contributed by atoms with Crippen LogP contribution in [0.3, 0.4) is 0 Å². The maximum atomic E-state index is 12.1. The molecule has 150 valence electrons. The van der Waals surface area contributed by atoms with Crippen LogP contribution >= 0.6 is 15.9 Å². The maximum Gasteiger partial charge on any atom is 0.155 e. The van der Waals surface area contributed by atoms with E-state index < -0.39 is 14.6 Å². The maximum absolute atomic E-state index is 12.1. The molecule has 0 atom stereocenters. The quantitative estimate of drug-likeness (QED) is 0.466. The molecule has 0 aliphatic carbocycles. The van der Waals surface area contributed by atoms with Gasteiger partial charge < -0.3 is 0 Å². The zero-order valence-corrected chi connectivity index (χ0v) is 19.2. The highest BCUT2D eigenvalue weighted by Crippen LogP contribution is 2.27. The molecule has 0 fully saturated rings. The molecule has 0 saturated heterocycles. The second-order valence-electron chi connectivity index (χ2n) is 8.15. The largest absolute Gasteiger partial charge is 0.274 e. The first-order valence-corrected chi connectivity index (χ1v) is 12.1. The van der Waals surface area contributed by atoms with Crippen LogP contribution in [0.5, 0.6) is 0 Å². The Morgan fingerprint density at radius 1 is 1.07 bits per heavy atom. The number of unbranched alkanes of at least 4 members (excludes halogenated alkanes) is 4. The van der Waals surface area contributed by atoms with E-state index in [9.17, 15) is 8.42 Å². The smallest absolute Gasteiger partial charge is 0.155 e. The fourth-order valence-corrected chi connectivity index (χ4v) is 4.79. The Bertz CT molecular complexity index is 851. The van der Waals surface area contributed by atoms with Crippen molar-refractivity contribution in [2.75, 3.05) is 5.75 Å². The molecular formula is C21H31BrN2O2S. The Morgan fingerprint density at radius 2 is 1.74 bits per heavy atom. The Balaban J connectivity index is 1.74. The second kappa shape index (κ2) is 9.37. The van der Waals surface area contributed by atoms with E-state index >= 15 is 0 Å². The summed E-state index contributed by atoms with van der Waals surface area (Å²) in [7, 11) is -1.06. The van der Waals surface area contributed by atoms with Gasteiger partial charge in [-0.3, -0.25) is 4.68 Å². The zero-order chi connectivity index (χ0) is 20.1. The number of aryl methyl sites for hydroxylation is 2. The summed E-state index contributed by atoms with van der Waals surface area (Å²) in [6.07, 6.45) is 8.09. The highest BCUT2D eigenvalue weighted by molar-refractivity contribution is 9.10. The van der Waals surface area contributed by atoms with E-state index in [1.807, 2.05) is 17.9 Å². The summed E-state index contributed by atoms with van der Waals surface area (Å²) in [4.78, 5) is 0. The molecular weight excluding hydrogens is 424 g/mol. The van der Waals surface area contributed by atoms with Gasteiger partial charge in [-0.2, -0.15) is 5.10 Å². The number of hydrogen-bond acceptors (Lipinski definition) is 3. The van der Waals surface area contributed by atoms with Crippen molar-refractivity contribution in [2.45, 2.75) is 64.0 Å². The summed E-state index contributed by atoms with van der Waals surface area (Å²) < 4.78 is 26.4. The van der Waals surface area contributed by atoms with Crippen LogP contribution in [0.2, 0.25) is 0 Å². The number of rotatable bonds is 9. The number of aromatic nitrogens is 2. The summed E-state index contributed by atoms with van der Waals surface area (Å²) in [6.45, 7) is 5.33. The minimum atomic E-state index is -2.98. The number of nitrogens with zero attached hydrogens (tertiary/aromatic N) is 2. The van der Waals surface area contributed by atoms with Crippen LogP contribution in [0.15, 0.2) is 34.9 Å². The molecule has 1 aromatic heterocycles. The number of sulfone groups is 1. The third-order valence-corrected chi connectivity index (χ3v) is 8.07. The first-order valence-electron chi connectivity index (χ1n) is 9.61. The standard InChI is InChI=1S/C21H31BrN2O2S/c1-21(2,3)27(25,26)14-9-7-5-6-8-11-17-12-10-13-18(15-17)20-19(22)16-24(4)23-20/h10,12-13,15-16H,5-9,11,14H2,1-4H3. The molecule has 2 aromatic rings. The molecule has 0 spiro atoms. The van der Waals surface area contributed by atoms with Gasteiger partial charge in [0.15, 0.2) is 9.84 Å². The minimum Gasteiger partial charge on any atom is -0.274 e. The Kier molecular flexibility index (Phi) is 7.69. The highest BCUT2D eigenvalue weighted by Gasteiger charge is 2.27. The topological polar surface area (TPSA) is 52.0 Å². The molecule has 2 rings (SSSR count). The molecule has 27 heavy (non-hydrogen) atoms. The molecule has 1 aromatic carbocycles. The van der Waals surface area contributed by atoms with E-state index in [1.54, 1.807) is 20.8 Å². The van der Waals surface area contributed by atoms with Crippen molar-refractivity contribution >= 4 is 25.8 Å². The first-order chi connectivity index (χ1) is 12.6. The fraction of sp³-hybridized carbons (Fsp3) is 0.571. The van der Waals surface area contributed by atoms with E-state index in [0.29, 0.717) is 5.75 Å². The lowest BCUT2D eigenvalue weighted by Gasteiger charge is -2.18. The molecule has 0 bridgehead atoms. The van der Waals surface area contributed by atoms with Crippen molar-refractivity contribution in [2.24, 2.45) is 7.05 Å². The van der Waals surface area contributed by atoms with Crippen molar-refractivity contribution in [3.05, 3.63) is 40.5 Å². The van der Waals surface area contributed by atoms with Crippen LogP contribution in [-0.2, 0) is 23.3 Å². The number of benzene rings is 1. The molecule has 0 amide bonds. The van der Waals surface area contributed by atoms with Crippen LogP contribution < -0.4 is 0 Å². The zero-order valence-electron chi connectivity index (χ0n) is 16.8. The van der Waals surface area contributed by atoms with E-state index in [2.05, 4.69) is 45.3 Å². The predicted octanol–water partition coefficient (Wildman–Crippen LogP) is 5.56. The average molecular weight is 455 g/mol. The Morgan fingerprint density at radius 3 is 2.37 bits per heavy atom. The summed E-state index contributed by atoms with van der Waals surface area (Å²) in [5.74, 6) is 0.303. The molecule has 6 heteroatoms. The van der Waals surface area contributed by atoms with Crippen molar-refractivity contribution in [3.63, 3.8) is 0 Å². The lowest BCUT2D eigenvalue weighted by molar-refractivity contribution is 0.552. The van der Waals surface area contributed by atoms with E-state index in [0.717, 1.165) is 54.3 Å². The summed E-state index contributed by atoms with van der Waals surface area (Å²) in [5.41, 5.74) is 3.42. The van der Waals surface area contributed by atoms with Gasteiger partial charge in [0, 0.05) is 18.8 Å². The molecule has 4 nitrogen and oxygen atoms in total. The van der Waals surface area contributed by atoms with Crippen LogP contribution in [0.1, 0.15) is 58.4 Å². The van der Waals surface area contributed by atoms with E-state index in [4.69, 9.17) is 0 Å². The van der Waals surface area contributed by atoms with Gasteiger partial charge in [-0.05, 0) is 67.6 Å². The third kappa shape index (κ3) is 6.46. The van der Waals surface area contributed by atoms with Gasteiger partial charge in [0.2, 0.25) is 0 Å².